The maximum absolute atomic E-state index is 2.47. The fraction of sp³-hybridized carbons (Fsp3) is 0.583. The zero-order valence-corrected chi connectivity index (χ0v) is 18.7. The molecule has 26 heavy (non-hydrogen) atoms. The Labute approximate surface area is 167 Å². The number of hydrogen-bond donors (Lipinski definition) is 0. The molecule has 0 radical (unpaired) electrons. The highest BCUT2D eigenvalue weighted by atomic mass is 32.1. The lowest BCUT2D eigenvalue weighted by atomic mass is 9.95. The Morgan fingerprint density at radius 3 is 1.42 bits per heavy atom. The molecule has 0 fully saturated rings. The number of hydrogen-bond acceptors (Lipinski definition) is 2. The van der Waals surface area contributed by atoms with E-state index in [1.807, 2.05) is 22.7 Å². The summed E-state index contributed by atoms with van der Waals surface area (Å²) in [6.07, 6.45) is 13.3. The molecular formula is C24H34S2. The van der Waals surface area contributed by atoms with Crippen molar-refractivity contribution in [3.8, 4) is 0 Å². The minimum absolute atomic E-state index is 1.25. The van der Waals surface area contributed by atoms with Crippen molar-refractivity contribution in [2.75, 3.05) is 0 Å². The molecule has 0 aliphatic heterocycles. The maximum atomic E-state index is 2.47. The molecule has 0 bridgehead atoms. The zero-order valence-electron chi connectivity index (χ0n) is 17.0. The Morgan fingerprint density at radius 1 is 0.615 bits per heavy atom. The lowest BCUT2D eigenvalue weighted by Gasteiger charge is -2.11. The van der Waals surface area contributed by atoms with Gasteiger partial charge in [0.15, 0.2) is 0 Å². The topological polar surface area (TPSA) is 0 Å². The highest BCUT2D eigenvalue weighted by Crippen LogP contribution is 2.42. The van der Waals surface area contributed by atoms with E-state index in [9.17, 15) is 0 Å². The number of thiophene rings is 2. The van der Waals surface area contributed by atoms with Crippen LogP contribution in [0.5, 0.6) is 0 Å². The number of aryl methyl sites for hydroxylation is 4. The third-order valence-electron chi connectivity index (χ3n) is 5.47. The van der Waals surface area contributed by atoms with Gasteiger partial charge in [0.2, 0.25) is 0 Å². The summed E-state index contributed by atoms with van der Waals surface area (Å²) in [7, 11) is 0. The summed E-state index contributed by atoms with van der Waals surface area (Å²) in [5, 5.41) is 3.15. The van der Waals surface area contributed by atoms with E-state index in [0.717, 1.165) is 0 Å². The van der Waals surface area contributed by atoms with Crippen molar-refractivity contribution in [2.24, 2.45) is 0 Å². The number of benzene rings is 1. The molecular weight excluding hydrogens is 352 g/mol. The minimum Gasteiger partial charge on any atom is -0.140 e. The first-order chi connectivity index (χ1) is 12.7. The molecule has 0 saturated carbocycles. The van der Waals surface area contributed by atoms with Crippen molar-refractivity contribution >= 4 is 42.8 Å². The average molecular weight is 387 g/mol. The average Bonchev–Trinajstić information content (AvgIpc) is 3.18. The Kier molecular flexibility index (Phi) is 7.17. The van der Waals surface area contributed by atoms with E-state index in [2.05, 4.69) is 39.8 Å². The molecule has 2 aromatic heterocycles. The first-order valence-corrected chi connectivity index (χ1v) is 12.2. The summed E-state index contributed by atoms with van der Waals surface area (Å²) >= 11 is 4.06. The second kappa shape index (κ2) is 9.37. The molecule has 0 aliphatic carbocycles. The maximum Gasteiger partial charge on any atom is 0.0387 e. The Balaban J connectivity index is 2.02. The first-order valence-electron chi connectivity index (χ1n) is 10.6. The minimum atomic E-state index is 1.25. The lowest BCUT2D eigenvalue weighted by molar-refractivity contribution is 0.668. The van der Waals surface area contributed by atoms with Crippen molar-refractivity contribution in [3.63, 3.8) is 0 Å². The van der Waals surface area contributed by atoms with Gasteiger partial charge in [-0.3, -0.25) is 0 Å². The van der Waals surface area contributed by atoms with Crippen LogP contribution >= 0.6 is 22.7 Å². The fourth-order valence-corrected chi connectivity index (χ4v) is 6.38. The lowest BCUT2D eigenvalue weighted by Crippen LogP contribution is -1.93. The molecule has 0 nitrogen and oxygen atoms in total. The number of fused-ring (bicyclic) bond motifs is 2. The molecule has 0 N–H and O–H groups in total. The van der Waals surface area contributed by atoms with E-state index in [0.29, 0.717) is 0 Å². The van der Waals surface area contributed by atoms with Gasteiger partial charge in [0.05, 0.1) is 0 Å². The van der Waals surface area contributed by atoms with Crippen LogP contribution in [-0.4, -0.2) is 0 Å². The summed E-state index contributed by atoms with van der Waals surface area (Å²) < 4.78 is 3.18. The Hall–Kier alpha value is -0.860. The number of unbranched alkanes of at least 4 members (excludes halogenated alkanes) is 6. The second-order valence-electron chi connectivity index (χ2n) is 7.78. The van der Waals surface area contributed by atoms with Gasteiger partial charge in [-0.1, -0.05) is 52.4 Å². The summed E-state index contributed by atoms with van der Waals surface area (Å²) in [5.41, 5.74) is 3.29. The van der Waals surface area contributed by atoms with Gasteiger partial charge in [0, 0.05) is 19.2 Å². The third-order valence-corrected chi connectivity index (χ3v) is 7.69. The molecule has 3 rings (SSSR count). The van der Waals surface area contributed by atoms with E-state index in [4.69, 9.17) is 0 Å². The molecule has 0 aliphatic rings. The van der Waals surface area contributed by atoms with Crippen LogP contribution in [0.25, 0.3) is 20.2 Å². The van der Waals surface area contributed by atoms with E-state index in [1.165, 1.54) is 74.0 Å². The predicted octanol–water partition coefficient (Wildman–Crippen LogP) is 8.98. The normalized spacial score (nSPS) is 11.8. The molecule has 3 aromatic rings. The van der Waals surface area contributed by atoms with Crippen LogP contribution in [0, 0.1) is 13.8 Å². The number of rotatable bonds is 10. The van der Waals surface area contributed by atoms with Crippen LogP contribution in [-0.2, 0) is 12.8 Å². The van der Waals surface area contributed by atoms with Gasteiger partial charge in [-0.05, 0) is 73.6 Å². The first kappa shape index (κ1) is 19.9. The summed E-state index contributed by atoms with van der Waals surface area (Å²) in [6, 6.07) is 4.94. The molecule has 0 saturated heterocycles. The van der Waals surface area contributed by atoms with Gasteiger partial charge in [0.25, 0.3) is 0 Å². The molecule has 0 spiro atoms. The molecule has 0 atom stereocenters. The van der Waals surface area contributed by atoms with Gasteiger partial charge >= 0.3 is 0 Å². The van der Waals surface area contributed by atoms with E-state index < -0.39 is 0 Å². The smallest absolute Gasteiger partial charge is 0.0387 e. The second-order valence-corrected chi connectivity index (χ2v) is 10.3. The Morgan fingerprint density at radius 2 is 1.04 bits per heavy atom. The third kappa shape index (κ3) is 4.34. The molecule has 1 aromatic carbocycles. The van der Waals surface area contributed by atoms with Crippen molar-refractivity contribution in [1.82, 2.24) is 0 Å². The van der Waals surface area contributed by atoms with Crippen molar-refractivity contribution in [2.45, 2.75) is 91.9 Å². The van der Waals surface area contributed by atoms with Crippen LogP contribution in [0.15, 0.2) is 12.1 Å². The summed E-state index contributed by atoms with van der Waals surface area (Å²) in [4.78, 5) is 2.94. The van der Waals surface area contributed by atoms with Crippen LogP contribution in [0.1, 0.15) is 86.1 Å². The standard InChI is InChI=1S/C24H34S2/c1-5-7-9-11-13-19-21-15-17(3)26-24(21)20(14-12-10-8-6-2)22-16-18(4)25-23(19)22/h15-16H,5-14H2,1-4H3. The van der Waals surface area contributed by atoms with Crippen LogP contribution in [0.2, 0.25) is 0 Å². The van der Waals surface area contributed by atoms with Gasteiger partial charge < -0.3 is 0 Å². The zero-order chi connectivity index (χ0) is 18.5. The van der Waals surface area contributed by atoms with E-state index in [1.54, 1.807) is 31.3 Å². The van der Waals surface area contributed by atoms with Crippen LogP contribution < -0.4 is 0 Å². The molecule has 0 amide bonds. The fourth-order valence-electron chi connectivity index (χ4n) is 4.12. The SMILES string of the molecule is CCCCCCc1c2cc(C)sc2c(CCCCCC)c2cc(C)sc12. The van der Waals surface area contributed by atoms with Crippen LogP contribution in [0.4, 0.5) is 0 Å². The summed E-state index contributed by atoms with van der Waals surface area (Å²) in [6.45, 7) is 9.17. The highest BCUT2D eigenvalue weighted by molar-refractivity contribution is 7.21. The van der Waals surface area contributed by atoms with E-state index in [-0.39, 0.29) is 0 Å². The van der Waals surface area contributed by atoms with Gasteiger partial charge in [-0.2, -0.15) is 0 Å². The van der Waals surface area contributed by atoms with Crippen molar-refractivity contribution in [1.29, 1.82) is 0 Å². The van der Waals surface area contributed by atoms with E-state index >= 15 is 0 Å². The Bertz CT molecular complexity index is 725. The van der Waals surface area contributed by atoms with Gasteiger partial charge in [0.1, 0.15) is 0 Å². The molecule has 142 valence electrons. The highest BCUT2D eigenvalue weighted by Gasteiger charge is 2.17. The van der Waals surface area contributed by atoms with Gasteiger partial charge in [-0.25, -0.2) is 0 Å². The molecule has 2 heteroatoms. The largest absolute Gasteiger partial charge is 0.140 e. The summed E-state index contributed by atoms with van der Waals surface area (Å²) in [5.74, 6) is 0. The van der Waals surface area contributed by atoms with Crippen molar-refractivity contribution in [3.05, 3.63) is 33.0 Å². The quantitative estimate of drug-likeness (QED) is 0.305. The molecule has 0 unspecified atom stereocenters. The predicted molar refractivity (Wildman–Crippen MR) is 122 cm³/mol. The molecule has 2 heterocycles. The monoisotopic (exact) mass is 386 g/mol. The van der Waals surface area contributed by atoms with Gasteiger partial charge in [-0.15, -0.1) is 22.7 Å². The van der Waals surface area contributed by atoms with Crippen LogP contribution in [0.3, 0.4) is 0 Å². The van der Waals surface area contributed by atoms with Crippen molar-refractivity contribution < 1.29 is 0 Å².